The Labute approximate surface area is 169 Å². The molecule has 2 aromatic carbocycles. The topological polar surface area (TPSA) is 82.3 Å². The first-order valence-corrected chi connectivity index (χ1v) is 9.06. The van der Waals surface area contributed by atoms with Gasteiger partial charge < -0.3 is 15.2 Å². The fourth-order valence-corrected chi connectivity index (χ4v) is 3.21. The second-order valence-electron chi connectivity index (χ2n) is 6.92. The van der Waals surface area contributed by atoms with Crippen molar-refractivity contribution in [2.45, 2.75) is 26.8 Å². The summed E-state index contributed by atoms with van der Waals surface area (Å²) in [6.07, 6.45) is -1.27. The summed E-state index contributed by atoms with van der Waals surface area (Å²) in [6.45, 7) is 5.36. The van der Waals surface area contributed by atoms with Crippen molar-refractivity contribution < 1.29 is 19.0 Å². The van der Waals surface area contributed by atoms with E-state index in [9.17, 15) is 4.79 Å². The normalized spacial score (nSPS) is 12.2. The van der Waals surface area contributed by atoms with E-state index >= 15 is 4.39 Å². The van der Waals surface area contributed by atoms with Gasteiger partial charge in [0.25, 0.3) is 0 Å². The molecule has 2 rings (SSSR count). The van der Waals surface area contributed by atoms with Gasteiger partial charge in [0.15, 0.2) is 11.6 Å². The molecular weight excluding hydrogens is 439 g/mol. The van der Waals surface area contributed by atoms with E-state index in [1.54, 1.807) is 32.9 Å². The molecule has 0 spiro atoms. The van der Waals surface area contributed by atoms with Crippen LogP contribution in [0.1, 0.15) is 37.9 Å². The summed E-state index contributed by atoms with van der Waals surface area (Å²) >= 11 is 9.37. The summed E-state index contributed by atoms with van der Waals surface area (Å²) < 4.78 is 21.4. The van der Waals surface area contributed by atoms with Crippen LogP contribution in [0.2, 0.25) is 5.02 Å². The third-order valence-corrected chi connectivity index (χ3v) is 4.50. The van der Waals surface area contributed by atoms with E-state index < -0.39 is 23.4 Å². The second-order valence-corrected chi connectivity index (χ2v) is 8.24. The Kier molecular flexibility index (Phi) is 6.34. The zero-order valence-corrected chi connectivity index (χ0v) is 17.2. The van der Waals surface area contributed by atoms with Crippen LogP contribution < -0.4 is 10.1 Å². The van der Waals surface area contributed by atoms with Crippen molar-refractivity contribution in [1.29, 1.82) is 5.26 Å². The number of halogens is 3. The first kappa shape index (κ1) is 21.0. The molecule has 2 aromatic rings. The quantitative estimate of drug-likeness (QED) is 0.570. The maximum Gasteiger partial charge on any atom is 0.405 e. The molecule has 5 nitrogen and oxygen atoms in total. The number of carbonyl (C=O) groups is 1. The molecule has 0 aromatic heterocycles. The molecule has 27 heavy (non-hydrogen) atoms. The van der Waals surface area contributed by atoms with Gasteiger partial charge in [0, 0.05) is 10.0 Å². The van der Waals surface area contributed by atoms with E-state index in [1.807, 2.05) is 6.07 Å². The zero-order valence-electron chi connectivity index (χ0n) is 14.8. The third-order valence-electron chi connectivity index (χ3n) is 3.74. The molecule has 0 aliphatic carbocycles. The molecule has 8 heteroatoms. The van der Waals surface area contributed by atoms with E-state index in [1.165, 1.54) is 18.2 Å². The number of nitrogens with one attached hydrogen (secondary N) is 1. The van der Waals surface area contributed by atoms with Gasteiger partial charge in [-0.05, 0) is 29.7 Å². The van der Waals surface area contributed by atoms with Gasteiger partial charge in [-0.3, -0.25) is 0 Å². The SMILES string of the molecule is CC(C)(C)C(NC(=O)O)c1ccc(Cl)c(Oc2cc(Br)cc(C#N)c2)c1F. The smallest absolute Gasteiger partial charge is 0.405 e. The fraction of sp³-hybridized carbons (Fsp3) is 0.263. The fourth-order valence-electron chi connectivity index (χ4n) is 2.55. The summed E-state index contributed by atoms with van der Waals surface area (Å²) in [5.41, 5.74) is -0.166. The van der Waals surface area contributed by atoms with Crippen LogP contribution in [0.5, 0.6) is 11.5 Å². The molecule has 0 heterocycles. The van der Waals surface area contributed by atoms with Crippen molar-refractivity contribution in [3.8, 4) is 17.6 Å². The highest BCUT2D eigenvalue weighted by Crippen LogP contribution is 2.41. The summed E-state index contributed by atoms with van der Waals surface area (Å²) in [5, 5.41) is 20.5. The van der Waals surface area contributed by atoms with Gasteiger partial charge >= 0.3 is 6.09 Å². The minimum Gasteiger partial charge on any atom is -0.465 e. The number of nitrogens with zero attached hydrogens (tertiary/aromatic N) is 1. The molecule has 0 fully saturated rings. The molecule has 0 saturated heterocycles. The number of hydrogen-bond acceptors (Lipinski definition) is 3. The molecule has 2 N–H and O–H groups in total. The maximum absolute atomic E-state index is 15.2. The van der Waals surface area contributed by atoms with E-state index in [-0.39, 0.29) is 22.1 Å². The van der Waals surface area contributed by atoms with E-state index in [0.717, 1.165) is 0 Å². The van der Waals surface area contributed by atoms with Crippen LogP contribution >= 0.6 is 27.5 Å². The van der Waals surface area contributed by atoms with Crippen LogP contribution in [0.3, 0.4) is 0 Å². The Balaban J connectivity index is 2.53. The highest BCUT2D eigenvalue weighted by atomic mass is 79.9. The van der Waals surface area contributed by atoms with Gasteiger partial charge in [-0.15, -0.1) is 0 Å². The molecule has 0 aliphatic heterocycles. The van der Waals surface area contributed by atoms with E-state index in [4.69, 9.17) is 26.7 Å². The maximum atomic E-state index is 15.2. The summed E-state index contributed by atoms with van der Waals surface area (Å²) in [5.74, 6) is -0.787. The Hall–Kier alpha value is -2.30. The highest BCUT2D eigenvalue weighted by Gasteiger charge is 2.32. The molecule has 0 saturated carbocycles. The lowest BCUT2D eigenvalue weighted by molar-refractivity contribution is 0.174. The minimum atomic E-state index is -1.27. The summed E-state index contributed by atoms with van der Waals surface area (Å²) in [4.78, 5) is 11.2. The van der Waals surface area contributed by atoms with Crippen LogP contribution in [-0.2, 0) is 0 Å². The zero-order chi connectivity index (χ0) is 20.4. The molecule has 142 valence electrons. The Morgan fingerprint density at radius 3 is 2.59 bits per heavy atom. The molecule has 1 unspecified atom stereocenters. The van der Waals surface area contributed by atoms with Gasteiger partial charge in [-0.1, -0.05) is 54.4 Å². The number of amides is 1. The van der Waals surface area contributed by atoms with E-state index in [2.05, 4.69) is 21.2 Å². The lowest BCUT2D eigenvalue weighted by atomic mass is 9.82. The lowest BCUT2D eigenvalue weighted by Gasteiger charge is -2.31. The number of ether oxygens (including phenoxy) is 1. The number of nitriles is 1. The molecule has 0 aliphatic rings. The van der Waals surface area contributed by atoms with Crippen LogP contribution in [0.4, 0.5) is 9.18 Å². The number of benzene rings is 2. The monoisotopic (exact) mass is 454 g/mol. The molecule has 1 atom stereocenters. The van der Waals surface area contributed by atoms with Crippen LogP contribution in [-0.4, -0.2) is 11.2 Å². The van der Waals surface area contributed by atoms with Crippen molar-refractivity contribution >= 4 is 33.6 Å². The Morgan fingerprint density at radius 1 is 1.37 bits per heavy atom. The first-order valence-electron chi connectivity index (χ1n) is 7.89. The number of hydrogen-bond donors (Lipinski definition) is 2. The van der Waals surface area contributed by atoms with Gasteiger partial charge in [0.2, 0.25) is 0 Å². The van der Waals surface area contributed by atoms with Crippen molar-refractivity contribution in [3.63, 3.8) is 0 Å². The molecule has 0 bridgehead atoms. The van der Waals surface area contributed by atoms with Gasteiger partial charge in [-0.25, -0.2) is 9.18 Å². The number of carboxylic acid groups (broad SMARTS) is 1. The Bertz CT molecular complexity index is 922. The Morgan fingerprint density at radius 2 is 2.04 bits per heavy atom. The predicted octanol–water partition coefficient (Wildman–Crippen LogP) is 6.26. The van der Waals surface area contributed by atoms with Crippen molar-refractivity contribution in [2.75, 3.05) is 0 Å². The van der Waals surface area contributed by atoms with Crippen LogP contribution in [0.25, 0.3) is 0 Å². The van der Waals surface area contributed by atoms with Crippen molar-refractivity contribution in [1.82, 2.24) is 5.32 Å². The molecular formula is C19H17BrClFN2O3. The van der Waals surface area contributed by atoms with Crippen molar-refractivity contribution in [2.24, 2.45) is 5.41 Å². The predicted molar refractivity (Wildman–Crippen MR) is 104 cm³/mol. The molecule has 1 amide bonds. The standard InChI is InChI=1S/C19H17BrClFN2O3/c1-19(2,3)17(24-18(25)26)13-4-5-14(21)16(15(13)22)27-12-7-10(9-23)6-11(20)8-12/h4-8,17,24H,1-3H3,(H,25,26). The second kappa shape index (κ2) is 8.15. The van der Waals surface area contributed by atoms with Crippen molar-refractivity contribution in [3.05, 3.63) is 56.8 Å². The minimum absolute atomic E-state index is 0.0257. The molecule has 0 radical (unpaired) electrons. The van der Waals surface area contributed by atoms with Gasteiger partial charge in [-0.2, -0.15) is 5.26 Å². The third kappa shape index (κ3) is 5.12. The van der Waals surface area contributed by atoms with Gasteiger partial charge in [0.1, 0.15) is 5.75 Å². The lowest BCUT2D eigenvalue weighted by Crippen LogP contribution is -2.36. The average molecular weight is 456 g/mol. The van der Waals surface area contributed by atoms with Gasteiger partial charge in [0.05, 0.1) is 22.7 Å². The van der Waals surface area contributed by atoms with E-state index in [0.29, 0.717) is 10.0 Å². The highest BCUT2D eigenvalue weighted by molar-refractivity contribution is 9.10. The van der Waals surface area contributed by atoms with Crippen LogP contribution in [0.15, 0.2) is 34.8 Å². The first-order chi connectivity index (χ1) is 12.5. The average Bonchev–Trinajstić information content (AvgIpc) is 2.55. The van der Waals surface area contributed by atoms with Crippen LogP contribution in [0, 0.1) is 22.6 Å². The summed E-state index contributed by atoms with van der Waals surface area (Å²) in [7, 11) is 0. The largest absolute Gasteiger partial charge is 0.465 e. The summed E-state index contributed by atoms with van der Waals surface area (Å²) in [6, 6.07) is 8.64. The number of rotatable bonds is 4.